The number of halogens is 3. The van der Waals surface area contributed by atoms with Crippen molar-refractivity contribution in [2.45, 2.75) is 16.4 Å². The second-order valence-corrected chi connectivity index (χ2v) is 7.55. The van der Waals surface area contributed by atoms with Crippen molar-refractivity contribution in [1.82, 2.24) is 5.48 Å². The first-order valence-corrected chi connectivity index (χ1v) is 8.46. The van der Waals surface area contributed by atoms with E-state index in [4.69, 9.17) is 39.6 Å². The Labute approximate surface area is 164 Å². The maximum atomic E-state index is 11.9. The van der Waals surface area contributed by atoms with Crippen LogP contribution < -0.4 is 10.8 Å². The van der Waals surface area contributed by atoms with E-state index in [1.807, 2.05) is 6.07 Å². The topological polar surface area (TPSA) is 93.5 Å². The van der Waals surface area contributed by atoms with Gasteiger partial charge in [-0.25, -0.2) is 0 Å². The minimum atomic E-state index is -1.87. The third-order valence-electron chi connectivity index (χ3n) is 3.20. The molecule has 0 bridgehead atoms. The van der Waals surface area contributed by atoms with Crippen LogP contribution in [-0.2, 0) is 16.1 Å². The first-order chi connectivity index (χ1) is 12.3. The van der Waals surface area contributed by atoms with Crippen LogP contribution in [0.5, 0.6) is 0 Å². The van der Waals surface area contributed by atoms with Gasteiger partial charge in [0.2, 0.25) is 3.79 Å². The summed E-state index contributed by atoms with van der Waals surface area (Å²) in [6, 6.07) is 14.5. The van der Waals surface area contributed by atoms with Crippen LogP contribution in [0, 0.1) is 10.1 Å². The van der Waals surface area contributed by atoms with Crippen LogP contribution in [0.4, 0.5) is 11.4 Å². The van der Waals surface area contributed by atoms with E-state index in [1.54, 1.807) is 24.3 Å². The zero-order valence-corrected chi connectivity index (χ0v) is 15.5. The average molecular weight is 419 g/mol. The molecule has 26 heavy (non-hydrogen) atoms. The SMILES string of the molecule is O=C(Cc1ccccc1)ONC(Nc1ccc([N+](=O)[O-])cc1)C(Cl)(Cl)Cl. The van der Waals surface area contributed by atoms with Gasteiger partial charge in [-0.05, 0) is 17.7 Å². The quantitative estimate of drug-likeness (QED) is 0.306. The highest BCUT2D eigenvalue weighted by molar-refractivity contribution is 6.68. The summed E-state index contributed by atoms with van der Waals surface area (Å²) in [7, 11) is 0. The van der Waals surface area contributed by atoms with Crippen LogP contribution in [-0.4, -0.2) is 20.9 Å². The lowest BCUT2D eigenvalue weighted by Gasteiger charge is -2.26. The highest BCUT2D eigenvalue weighted by Crippen LogP contribution is 2.31. The third-order valence-corrected chi connectivity index (χ3v) is 3.85. The monoisotopic (exact) mass is 417 g/mol. The van der Waals surface area contributed by atoms with E-state index in [0.29, 0.717) is 5.69 Å². The standard InChI is InChI=1S/C16H14Cl3N3O4/c17-16(18,19)15(20-12-6-8-13(9-7-12)22(24)25)21-26-14(23)10-11-4-2-1-3-5-11/h1-9,15,20-21H,10H2. The van der Waals surface area contributed by atoms with Gasteiger partial charge >= 0.3 is 5.97 Å². The number of nitro groups is 1. The zero-order valence-electron chi connectivity index (χ0n) is 13.2. The first kappa shape index (κ1) is 20.3. The van der Waals surface area contributed by atoms with Crippen LogP contribution in [0.3, 0.4) is 0 Å². The fourth-order valence-corrected chi connectivity index (χ4v) is 2.24. The molecule has 0 spiro atoms. The number of carbonyl (C=O) groups is 1. The molecule has 2 N–H and O–H groups in total. The number of rotatable bonds is 7. The fraction of sp³-hybridized carbons (Fsp3) is 0.188. The maximum absolute atomic E-state index is 11.9. The molecule has 2 rings (SSSR count). The average Bonchev–Trinajstić information content (AvgIpc) is 2.59. The first-order valence-electron chi connectivity index (χ1n) is 7.32. The summed E-state index contributed by atoms with van der Waals surface area (Å²) >= 11 is 17.6. The van der Waals surface area contributed by atoms with Gasteiger partial charge in [0.05, 0.1) is 11.3 Å². The zero-order chi connectivity index (χ0) is 19.2. The molecule has 0 saturated carbocycles. The number of alkyl halides is 3. The summed E-state index contributed by atoms with van der Waals surface area (Å²) in [4.78, 5) is 27.0. The number of hydroxylamine groups is 1. The molecular weight excluding hydrogens is 405 g/mol. The van der Waals surface area contributed by atoms with Crippen molar-refractivity contribution < 1.29 is 14.6 Å². The van der Waals surface area contributed by atoms with Crippen molar-refractivity contribution in [3.05, 3.63) is 70.3 Å². The Hall–Kier alpha value is -2.06. The molecule has 0 aliphatic carbocycles. The van der Waals surface area contributed by atoms with Gasteiger partial charge in [0.1, 0.15) is 0 Å². The Morgan fingerprint density at radius 1 is 1.12 bits per heavy atom. The molecule has 0 aromatic heterocycles. The Balaban J connectivity index is 1.97. The van der Waals surface area contributed by atoms with Gasteiger partial charge in [-0.3, -0.25) is 14.9 Å². The van der Waals surface area contributed by atoms with Gasteiger partial charge in [-0.15, -0.1) is 5.48 Å². The Bertz CT molecular complexity index is 752. The number of non-ortho nitro benzene ring substituents is 1. The fourth-order valence-electron chi connectivity index (χ4n) is 1.95. The lowest BCUT2D eigenvalue weighted by Crippen LogP contribution is -2.47. The molecule has 0 heterocycles. The lowest BCUT2D eigenvalue weighted by molar-refractivity contribution is -0.384. The lowest BCUT2D eigenvalue weighted by atomic mass is 10.2. The van der Waals surface area contributed by atoms with E-state index in [1.165, 1.54) is 24.3 Å². The van der Waals surface area contributed by atoms with E-state index in [0.717, 1.165) is 5.56 Å². The van der Waals surface area contributed by atoms with E-state index < -0.39 is 20.9 Å². The summed E-state index contributed by atoms with van der Waals surface area (Å²) in [5, 5.41) is 13.5. The van der Waals surface area contributed by atoms with Crippen molar-refractivity contribution in [1.29, 1.82) is 0 Å². The van der Waals surface area contributed by atoms with Crippen molar-refractivity contribution in [2.75, 3.05) is 5.32 Å². The van der Waals surface area contributed by atoms with E-state index >= 15 is 0 Å². The molecule has 138 valence electrons. The molecule has 10 heteroatoms. The van der Waals surface area contributed by atoms with Crippen LogP contribution in [0.15, 0.2) is 54.6 Å². The summed E-state index contributed by atoms with van der Waals surface area (Å²) in [5.41, 5.74) is 3.50. The second-order valence-electron chi connectivity index (χ2n) is 5.18. The van der Waals surface area contributed by atoms with Gasteiger partial charge in [0.15, 0.2) is 6.17 Å². The van der Waals surface area contributed by atoms with Crippen LogP contribution >= 0.6 is 34.8 Å². The number of carbonyl (C=O) groups excluding carboxylic acids is 1. The molecule has 0 radical (unpaired) electrons. The molecule has 0 aliphatic heterocycles. The minimum Gasteiger partial charge on any atom is -0.368 e. The van der Waals surface area contributed by atoms with Crippen molar-refractivity contribution in [3.8, 4) is 0 Å². The molecular formula is C16H14Cl3N3O4. The highest BCUT2D eigenvalue weighted by atomic mass is 35.6. The molecule has 0 aliphatic rings. The number of nitro benzene ring substituents is 1. The van der Waals surface area contributed by atoms with Crippen LogP contribution in [0.25, 0.3) is 0 Å². The number of nitrogens with zero attached hydrogens (tertiary/aromatic N) is 1. The minimum absolute atomic E-state index is 0.0396. The number of hydrogen-bond acceptors (Lipinski definition) is 6. The van der Waals surface area contributed by atoms with Crippen molar-refractivity contribution in [3.63, 3.8) is 0 Å². The molecule has 1 unspecified atom stereocenters. The molecule has 0 saturated heterocycles. The predicted molar refractivity (Wildman–Crippen MR) is 100 cm³/mol. The summed E-state index contributed by atoms with van der Waals surface area (Å²) in [6.45, 7) is 0. The van der Waals surface area contributed by atoms with E-state index in [9.17, 15) is 14.9 Å². The summed E-state index contributed by atoms with van der Waals surface area (Å²) in [6.07, 6.45) is -1.05. The van der Waals surface area contributed by atoms with Gasteiger partial charge in [-0.2, -0.15) is 0 Å². The van der Waals surface area contributed by atoms with Gasteiger partial charge in [0.25, 0.3) is 5.69 Å². The van der Waals surface area contributed by atoms with Gasteiger partial charge in [0, 0.05) is 17.8 Å². The summed E-state index contributed by atoms with van der Waals surface area (Å²) < 4.78 is -1.87. The van der Waals surface area contributed by atoms with Gasteiger partial charge < -0.3 is 10.2 Å². The number of hydrogen-bond donors (Lipinski definition) is 2. The predicted octanol–water partition coefficient (Wildman–Crippen LogP) is 3.99. The summed E-state index contributed by atoms with van der Waals surface area (Å²) in [5.74, 6) is -0.569. The number of nitrogens with one attached hydrogen (secondary N) is 2. The Kier molecular flexibility index (Phi) is 7.05. The Morgan fingerprint density at radius 3 is 2.27 bits per heavy atom. The highest BCUT2D eigenvalue weighted by Gasteiger charge is 2.34. The van der Waals surface area contributed by atoms with Crippen LogP contribution in [0.1, 0.15) is 5.56 Å². The molecule has 2 aromatic carbocycles. The van der Waals surface area contributed by atoms with Crippen molar-refractivity contribution >= 4 is 52.1 Å². The number of benzene rings is 2. The number of anilines is 1. The molecule has 0 amide bonds. The smallest absolute Gasteiger partial charge is 0.329 e. The van der Waals surface area contributed by atoms with Crippen molar-refractivity contribution in [2.24, 2.45) is 0 Å². The molecule has 1 atom stereocenters. The normalized spacial score (nSPS) is 12.3. The third kappa shape index (κ3) is 6.34. The second kappa shape index (κ2) is 9.05. The maximum Gasteiger partial charge on any atom is 0.329 e. The molecule has 7 nitrogen and oxygen atoms in total. The molecule has 2 aromatic rings. The van der Waals surface area contributed by atoms with Crippen LogP contribution in [0.2, 0.25) is 0 Å². The van der Waals surface area contributed by atoms with E-state index in [-0.39, 0.29) is 12.1 Å². The van der Waals surface area contributed by atoms with Gasteiger partial charge in [-0.1, -0.05) is 65.1 Å². The molecule has 0 fully saturated rings. The Morgan fingerprint density at radius 2 is 1.73 bits per heavy atom. The largest absolute Gasteiger partial charge is 0.368 e. The van der Waals surface area contributed by atoms with E-state index in [2.05, 4.69) is 10.8 Å².